The predicted molar refractivity (Wildman–Crippen MR) is 71.9 cm³/mol. The van der Waals surface area contributed by atoms with E-state index in [4.69, 9.17) is 11.0 Å². The fourth-order valence-corrected chi connectivity index (χ4v) is 1.56. The van der Waals surface area contributed by atoms with Crippen LogP contribution in [0.1, 0.15) is 16.8 Å². The van der Waals surface area contributed by atoms with Gasteiger partial charge in [-0.25, -0.2) is 4.98 Å². The zero-order valence-electron chi connectivity index (χ0n) is 10.1. The highest BCUT2D eigenvalue weighted by molar-refractivity contribution is 5.49. The molecule has 0 amide bonds. The van der Waals surface area contributed by atoms with E-state index in [0.29, 0.717) is 17.8 Å². The zero-order valence-corrected chi connectivity index (χ0v) is 10.1. The normalized spacial score (nSPS) is 9.78. The highest BCUT2D eigenvalue weighted by Crippen LogP contribution is 2.13. The van der Waals surface area contributed by atoms with Gasteiger partial charge in [0.15, 0.2) is 0 Å². The van der Waals surface area contributed by atoms with Crippen LogP contribution >= 0.6 is 0 Å². The number of nitrogens with zero attached hydrogens (tertiary/aromatic N) is 2. The van der Waals surface area contributed by atoms with Crippen molar-refractivity contribution in [3.8, 4) is 6.07 Å². The smallest absolute Gasteiger partial charge is 0.126 e. The molecule has 2 rings (SSSR count). The summed E-state index contributed by atoms with van der Waals surface area (Å²) >= 11 is 0. The third-order valence-electron chi connectivity index (χ3n) is 2.68. The van der Waals surface area contributed by atoms with Crippen molar-refractivity contribution in [1.82, 2.24) is 4.98 Å². The summed E-state index contributed by atoms with van der Waals surface area (Å²) in [6, 6.07) is 13.2. The molecule has 4 nitrogen and oxygen atoms in total. The number of aryl methyl sites for hydroxylation is 1. The van der Waals surface area contributed by atoms with Gasteiger partial charge < -0.3 is 11.1 Å². The molecule has 4 heteroatoms. The first-order valence-corrected chi connectivity index (χ1v) is 5.65. The van der Waals surface area contributed by atoms with Crippen LogP contribution in [-0.2, 0) is 6.54 Å². The van der Waals surface area contributed by atoms with Crippen molar-refractivity contribution in [3.05, 3.63) is 53.2 Å². The highest BCUT2D eigenvalue weighted by Gasteiger charge is 1.99. The maximum absolute atomic E-state index is 8.71. The average Bonchev–Trinajstić information content (AvgIpc) is 2.41. The van der Waals surface area contributed by atoms with Gasteiger partial charge >= 0.3 is 0 Å². The summed E-state index contributed by atoms with van der Waals surface area (Å²) in [6.45, 7) is 2.55. The Morgan fingerprint density at radius 3 is 2.56 bits per heavy atom. The second kappa shape index (κ2) is 5.19. The van der Waals surface area contributed by atoms with Gasteiger partial charge in [0.05, 0.1) is 23.0 Å². The Hall–Kier alpha value is -2.54. The van der Waals surface area contributed by atoms with Crippen molar-refractivity contribution in [2.24, 2.45) is 0 Å². The van der Waals surface area contributed by atoms with E-state index in [9.17, 15) is 0 Å². The molecule has 1 heterocycles. The largest absolute Gasteiger partial charge is 0.397 e. The molecule has 3 N–H and O–H groups in total. The van der Waals surface area contributed by atoms with Gasteiger partial charge in [0, 0.05) is 6.54 Å². The Bertz CT molecular complexity index is 582. The van der Waals surface area contributed by atoms with Gasteiger partial charge in [-0.2, -0.15) is 5.26 Å². The van der Waals surface area contributed by atoms with Crippen LogP contribution in [0.4, 0.5) is 11.5 Å². The second-order valence-corrected chi connectivity index (χ2v) is 4.03. The van der Waals surface area contributed by atoms with Gasteiger partial charge in [0.2, 0.25) is 0 Å². The first kappa shape index (κ1) is 11.9. The number of nitrogens with two attached hydrogens (primary N) is 1. The fraction of sp³-hybridized carbons (Fsp3) is 0.143. The van der Waals surface area contributed by atoms with E-state index in [1.807, 2.05) is 31.2 Å². The second-order valence-electron chi connectivity index (χ2n) is 4.03. The Labute approximate surface area is 106 Å². The van der Waals surface area contributed by atoms with Gasteiger partial charge in [-0.15, -0.1) is 0 Å². The molecule has 0 aliphatic carbocycles. The van der Waals surface area contributed by atoms with Gasteiger partial charge in [-0.3, -0.25) is 0 Å². The Balaban J connectivity index is 2.02. The van der Waals surface area contributed by atoms with E-state index < -0.39 is 0 Å². The fourth-order valence-electron chi connectivity index (χ4n) is 1.56. The summed E-state index contributed by atoms with van der Waals surface area (Å²) in [7, 11) is 0. The third-order valence-corrected chi connectivity index (χ3v) is 2.68. The molecule has 0 spiro atoms. The molecule has 2 aromatic rings. The number of pyridine rings is 1. The topological polar surface area (TPSA) is 74.7 Å². The quantitative estimate of drug-likeness (QED) is 0.861. The van der Waals surface area contributed by atoms with E-state index in [1.165, 1.54) is 0 Å². The summed E-state index contributed by atoms with van der Waals surface area (Å²) in [4.78, 5) is 4.33. The molecule has 0 radical (unpaired) electrons. The van der Waals surface area contributed by atoms with Crippen molar-refractivity contribution in [2.75, 3.05) is 11.1 Å². The highest BCUT2D eigenvalue weighted by atomic mass is 15.0. The number of nitriles is 1. The average molecular weight is 238 g/mol. The van der Waals surface area contributed by atoms with Crippen LogP contribution in [0.15, 0.2) is 36.4 Å². The van der Waals surface area contributed by atoms with Crippen LogP contribution in [0.25, 0.3) is 0 Å². The number of hydrogen-bond acceptors (Lipinski definition) is 4. The molecule has 0 aliphatic rings. The van der Waals surface area contributed by atoms with E-state index in [-0.39, 0.29) is 0 Å². The molecule has 90 valence electrons. The van der Waals surface area contributed by atoms with Crippen molar-refractivity contribution in [1.29, 1.82) is 5.26 Å². The predicted octanol–water partition coefficient (Wildman–Crippen LogP) is 2.46. The van der Waals surface area contributed by atoms with Crippen LogP contribution in [0.3, 0.4) is 0 Å². The van der Waals surface area contributed by atoms with E-state index >= 15 is 0 Å². The molecule has 1 aromatic heterocycles. The lowest BCUT2D eigenvalue weighted by molar-refractivity contribution is 1.09. The Kier molecular flexibility index (Phi) is 3.44. The number of benzene rings is 1. The molecule has 0 bridgehead atoms. The van der Waals surface area contributed by atoms with Gasteiger partial charge in [-0.1, -0.05) is 12.1 Å². The Morgan fingerprint density at radius 2 is 1.94 bits per heavy atom. The number of nitrogen functional groups attached to an aromatic ring is 1. The number of nitrogens with one attached hydrogen (secondary N) is 1. The van der Waals surface area contributed by atoms with E-state index in [0.717, 1.165) is 17.1 Å². The van der Waals surface area contributed by atoms with Gasteiger partial charge in [0.1, 0.15) is 5.82 Å². The molecular weight excluding hydrogens is 224 g/mol. The third kappa shape index (κ3) is 2.77. The summed E-state index contributed by atoms with van der Waals surface area (Å²) in [6.07, 6.45) is 0. The Morgan fingerprint density at radius 1 is 1.22 bits per heavy atom. The van der Waals surface area contributed by atoms with Crippen LogP contribution in [0.2, 0.25) is 0 Å². The maximum atomic E-state index is 8.71. The van der Waals surface area contributed by atoms with E-state index in [1.54, 1.807) is 12.1 Å². The molecule has 0 aliphatic heterocycles. The maximum Gasteiger partial charge on any atom is 0.126 e. The SMILES string of the molecule is Cc1nc(NCc2ccc(C#N)cc2)ccc1N. The molecule has 0 unspecified atom stereocenters. The summed E-state index contributed by atoms with van der Waals surface area (Å²) in [5, 5.41) is 11.9. The molecule has 0 fully saturated rings. The lowest BCUT2D eigenvalue weighted by atomic mass is 10.1. The molecule has 18 heavy (non-hydrogen) atoms. The monoisotopic (exact) mass is 238 g/mol. The minimum atomic E-state index is 0.667. The van der Waals surface area contributed by atoms with Crippen LogP contribution < -0.4 is 11.1 Å². The standard InChI is InChI=1S/C14H14N4/c1-10-13(16)6-7-14(18-10)17-9-12-4-2-11(8-15)3-5-12/h2-7H,9,16H2,1H3,(H,17,18). The number of anilines is 2. The number of hydrogen-bond donors (Lipinski definition) is 2. The van der Waals surface area contributed by atoms with Gasteiger partial charge in [0.25, 0.3) is 0 Å². The molecular formula is C14H14N4. The summed E-state index contributed by atoms with van der Waals surface area (Å²) in [5.74, 6) is 0.797. The number of aromatic nitrogens is 1. The van der Waals surface area contributed by atoms with Crippen molar-refractivity contribution in [3.63, 3.8) is 0 Å². The first-order chi connectivity index (χ1) is 8.69. The summed E-state index contributed by atoms with van der Waals surface area (Å²) in [5.41, 5.74) is 8.99. The van der Waals surface area contributed by atoms with Crippen LogP contribution in [0.5, 0.6) is 0 Å². The summed E-state index contributed by atoms with van der Waals surface area (Å²) < 4.78 is 0. The van der Waals surface area contributed by atoms with Crippen molar-refractivity contribution < 1.29 is 0 Å². The minimum absolute atomic E-state index is 0.667. The molecule has 0 saturated carbocycles. The van der Waals surface area contributed by atoms with Crippen molar-refractivity contribution in [2.45, 2.75) is 13.5 Å². The van der Waals surface area contributed by atoms with Crippen LogP contribution in [0, 0.1) is 18.3 Å². The molecule has 0 saturated heterocycles. The minimum Gasteiger partial charge on any atom is -0.397 e. The lowest BCUT2D eigenvalue weighted by Gasteiger charge is -2.07. The zero-order chi connectivity index (χ0) is 13.0. The van der Waals surface area contributed by atoms with E-state index in [2.05, 4.69) is 16.4 Å². The molecule has 0 atom stereocenters. The first-order valence-electron chi connectivity index (χ1n) is 5.65. The van der Waals surface area contributed by atoms with Crippen LogP contribution in [-0.4, -0.2) is 4.98 Å². The van der Waals surface area contributed by atoms with Gasteiger partial charge in [-0.05, 0) is 36.8 Å². The number of rotatable bonds is 3. The molecule has 1 aromatic carbocycles. The lowest BCUT2D eigenvalue weighted by Crippen LogP contribution is -2.03. The van der Waals surface area contributed by atoms with Crippen molar-refractivity contribution >= 4 is 11.5 Å².